The van der Waals surface area contributed by atoms with Crippen molar-refractivity contribution in [3.8, 4) is 0 Å². The summed E-state index contributed by atoms with van der Waals surface area (Å²) in [5.74, 6) is 0.521. The summed E-state index contributed by atoms with van der Waals surface area (Å²) in [5.41, 5.74) is 1.51. The smallest absolute Gasteiger partial charge is 0.152 e. The minimum absolute atomic E-state index is 0.316. The number of para-hydroxylation sites is 1. The maximum Gasteiger partial charge on any atom is 0.152 e. The molecule has 1 aromatic carbocycles. The number of nitrogens with zero attached hydrogens (tertiary/aromatic N) is 1. The quantitative estimate of drug-likeness (QED) is 0.739. The molecule has 0 atom stereocenters. The lowest BCUT2D eigenvalue weighted by molar-refractivity contribution is 0.112. The summed E-state index contributed by atoms with van der Waals surface area (Å²) in [7, 11) is 0. The van der Waals surface area contributed by atoms with Gasteiger partial charge in [-0.25, -0.2) is 0 Å². The molecule has 0 N–H and O–H groups in total. The van der Waals surface area contributed by atoms with Crippen LogP contribution in [0.4, 0.5) is 5.69 Å². The molecule has 0 amide bonds. The van der Waals surface area contributed by atoms with Crippen LogP contribution in [0.25, 0.3) is 0 Å². The van der Waals surface area contributed by atoms with Gasteiger partial charge in [0.1, 0.15) is 0 Å². The second kappa shape index (κ2) is 6.06. The van der Waals surface area contributed by atoms with Crippen molar-refractivity contribution in [1.82, 2.24) is 0 Å². The van der Waals surface area contributed by atoms with Gasteiger partial charge in [0.2, 0.25) is 0 Å². The second-order valence-electron chi connectivity index (χ2n) is 4.94. The number of aldehydes is 1. The second-order valence-corrected chi connectivity index (χ2v) is 5.34. The Balaban J connectivity index is 3.21. The van der Waals surface area contributed by atoms with Crippen LogP contribution in [0.2, 0.25) is 5.02 Å². The number of benzene rings is 1. The number of hydrogen-bond acceptors (Lipinski definition) is 2. The zero-order valence-electron chi connectivity index (χ0n) is 10.9. The van der Waals surface area contributed by atoms with Gasteiger partial charge in [-0.05, 0) is 31.9 Å². The molecule has 0 saturated heterocycles. The van der Waals surface area contributed by atoms with Gasteiger partial charge < -0.3 is 4.90 Å². The van der Waals surface area contributed by atoms with E-state index in [0.717, 1.165) is 18.5 Å². The Hall–Kier alpha value is -1.02. The van der Waals surface area contributed by atoms with E-state index < -0.39 is 0 Å². The average Bonchev–Trinajstić information content (AvgIpc) is 2.25. The fourth-order valence-corrected chi connectivity index (χ4v) is 2.17. The van der Waals surface area contributed by atoms with Crippen LogP contribution in [0.3, 0.4) is 0 Å². The molecule has 0 aliphatic rings. The molecule has 0 saturated carbocycles. The Kier molecular flexibility index (Phi) is 5.01. The molecule has 0 unspecified atom stereocenters. The molecule has 0 bridgehead atoms. The highest BCUT2D eigenvalue weighted by Gasteiger charge is 2.18. The van der Waals surface area contributed by atoms with Crippen LogP contribution in [0, 0.1) is 5.92 Å². The number of anilines is 1. The predicted molar refractivity (Wildman–Crippen MR) is 74.2 cm³/mol. The summed E-state index contributed by atoms with van der Waals surface area (Å²) >= 11 is 6.23. The van der Waals surface area contributed by atoms with E-state index >= 15 is 0 Å². The zero-order chi connectivity index (χ0) is 13.0. The lowest BCUT2D eigenvalue weighted by Gasteiger charge is -2.32. The van der Waals surface area contributed by atoms with Gasteiger partial charge >= 0.3 is 0 Å². The van der Waals surface area contributed by atoms with Gasteiger partial charge in [-0.3, -0.25) is 4.79 Å². The van der Waals surface area contributed by atoms with E-state index in [2.05, 4.69) is 32.6 Å². The monoisotopic (exact) mass is 253 g/mol. The lowest BCUT2D eigenvalue weighted by atomic mass is 10.1. The maximum atomic E-state index is 11.1. The van der Waals surface area contributed by atoms with Crippen LogP contribution in [0.5, 0.6) is 0 Å². The summed E-state index contributed by atoms with van der Waals surface area (Å²) in [4.78, 5) is 13.3. The average molecular weight is 254 g/mol. The summed E-state index contributed by atoms with van der Waals surface area (Å²) in [6.07, 6.45) is 0.872. The standard InChI is InChI=1S/C14H20ClNO/c1-10(2)8-16(11(3)4)14-12(9-17)6-5-7-13(14)15/h5-7,9-11H,8H2,1-4H3. The van der Waals surface area contributed by atoms with Crippen LogP contribution in [0.15, 0.2) is 18.2 Å². The number of halogens is 1. The van der Waals surface area contributed by atoms with Crippen molar-refractivity contribution in [2.24, 2.45) is 5.92 Å². The fraction of sp³-hybridized carbons (Fsp3) is 0.500. The van der Waals surface area contributed by atoms with Crippen molar-refractivity contribution in [3.05, 3.63) is 28.8 Å². The van der Waals surface area contributed by atoms with Crippen LogP contribution in [-0.4, -0.2) is 18.9 Å². The fourth-order valence-electron chi connectivity index (χ4n) is 1.88. The molecule has 0 aromatic heterocycles. The van der Waals surface area contributed by atoms with Gasteiger partial charge in [-0.2, -0.15) is 0 Å². The van der Waals surface area contributed by atoms with Crippen molar-refractivity contribution >= 4 is 23.6 Å². The molecule has 94 valence electrons. The number of rotatable bonds is 5. The topological polar surface area (TPSA) is 20.3 Å². The summed E-state index contributed by atoms with van der Waals surface area (Å²) in [5, 5.41) is 0.643. The molecule has 2 nitrogen and oxygen atoms in total. The third kappa shape index (κ3) is 3.47. The first-order valence-electron chi connectivity index (χ1n) is 5.97. The van der Waals surface area contributed by atoms with Crippen molar-refractivity contribution < 1.29 is 4.79 Å². The highest BCUT2D eigenvalue weighted by molar-refractivity contribution is 6.33. The van der Waals surface area contributed by atoms with Gasteiger partial charge in [0.05, 0.1) is 10.7 Å². The maximum absolute atomic E-state index is 11.1. The Labute approximate surface area is 109 Å². The van der Waals surface area contributed by atoms with Crippen molar-refractivity contribution in [1.29, 1.82) is 0 Å². The first-order chi connectivity index (χ1) is 7.97. The molecular weight excluding hydrogens is 234 g/mol. The molecule has 17 heavy (non-hydrogen) atoms. The van der Waals surface area contributed by atoms with Crippen molar-refractivity contribution in [3.63, 3.8) is 0 Å². The third-order valence-electron chi connectivity index (χ3n) is 2.62. The van der Waals surface area contributed by atoms with E-state index in [0.29, 0.717) is 22.5 Å². The molecule has 0 aliphatic heterocycles. The summed E-state index contributed by atoms with van der Waals surface area (Å²) in [6, 6.07) is 5.77. The van der Waals surface area contributed by atoms with Gasteiger partial charge in [0.25, 0.3) is 0 Å². The molecule has 3 heteroatoms. The Morgan fingerprint density at radius 2 is 1.94 bits per heavy atom. The van der Waals surface area contributed by atoms with Crippen LogP contribution >= 0.6 is 11.6 Å². The van der Waals surface area contributed by atoms with E-state index in [1.165, 1.54) is 0 Å². The highest BCUT2D eigenvalue weighted by Crippen LogP contribution is 2.31. The largest absolute Gasteiger partial charge is 0.367 e. The summed E-state index contributed by atoms with van der Waals surface area (Å²) in [6.45, 7) is 9.43. The minimum Gasteiger partial charge on any atom is -0.367 e. The van der Waals surface area contributed by atoms with E-state index in [9.17, 15) is 4.79 Å². The molecule has 0 aliphatic carbocycles. The summed E-state index contributed by atoms with van der Waals surface area (Å²) < 4.78 is 0. The van der Waals surface area contributed by atoms with Gasteiger partial charge in [0, 0.05) is 18.2 Å². The van der Waals surface area contributed by atoms with Crippen LogP contribution < -0.4 is 4.90 Å². The molecule has 0 fully saturated rings. The molecule has 0 radical (unpaired) electrons. The normalized spacial score (nSPS) is 11.0. The Morgan fingerprint density at radius 1 is 1.29 bits per heavy atom. The van der Waals surface area contributed by atoms with E-state index in [-0.39, 0.29) is 0 Å². The number of carbonyl (C=O) groups excluding carboxylic acids is 1. The van der Waals surface area contributed by atoms with Crippen molar-refractivity contribution in [2.45, 2.75) is 33.7 Å². The first kappa shape index (κ1) is 14.0. The van der Waals surface area contributed by atoms with Crippen molar-refractivity contribution in [2.75, 3.05) is 11.4 Å². The molecule has 0 heterocycles. The number of hydrogen-bond donors (Lipinski definition) is 0. The van der Waals surface area contributed by atoms with Gasteiger partial charge in [-0.15, -0.1) is 0 Å². The van der Waals surface area contributed by atoms with Crippen LogP contribution in [0.1, 0.15) is 38.1 Å². The molecule has 1 rings (SSSR count). The van der Waals surface area contributed by atoms with E-state index in [1.807, 2.05) is 18.2 Å². The minimum atomic E-state index is 0.316. The predicted octanol–water partition coefficient (Wildman–Crippen LogP) is 4.02. The van der Waals surface area contributed by atoms with Gasteiger partial charge in [0.15, 0.2) is 6.29 Å². The first-order valence-corrected chi connectivity index (χ1v) is 6.35. The Morgan fingerprint density at radius 3 is 2.41 bits per heavy atom. The molecule has 1 aromatic rings. The lowest BCUT2D eigenvalue weighted by Crippen LogP contribution is -2.35. The highest BCUT2D eigenvalue weighted by atomic mass is 35.5. The Bertz CT molecular complexity index is 388. The van der Waals surface area contributed by atoms with Crippen LogP contribution in [-0.2, 0) is 0 Å². The zero-order valence-corrected chi connectivity index (χ0v) is 11.7. The van der Waals surface area contributed by atoms with Gasteiger partial charge in [-0.1, -0.05) is 31.5 Å². The van der Waals surface area contributed by atoms with E-state index in [1.54, 1.807) is 0 Å². The molecule has 0 spiro atoms. The third-order valence-corrected chi connectivity index (χ3v) is 2.92. The number of carbonyl (C=O) groups is 1. The SMILES string of the molecule is CC(C)CN(c1c(Cl)cccc1C=O)C(C)C. The molecular formula is C14H20ClNO. The van der Waals surface area contributed by atoms with E-state index in [4.69, 9.17) is 11.6 Å².